The Morgan fingerprint density at radius 3 is 2.81 bits per heavy atom. The summed E-state index contributed by atoms with van der Waals surface area (Å²) < 4.78 is 0. The monoisotopic (exact) mass is 296 g/mol. The van der Waals surface area contributed by atoms with Gasteiger partial charge in [-0.25, -0.2) is 0 Å². The Bertz CT molecular complexity index is 361. The van der Waals surface area contributed by atoms with Gasteiger partial charge in [0.2, 0.25) is 5.91 Å². The van der Waals surface area contributed by atoms with E-state index in [1.807, 2.05) is 0 Å². The second kappa shape index (κ2) is 7.10. The fraction of sp³-hybridized carbons (Fsp3) is 0.941. The van der Waals surface area contributed by atoms with Crippen LogP contribution in [0.4, 0.5) is 0 Å². The van der Waals surface area contributed by atoms with Crippen LogP contribution < -0.4 is 5.32 Å². The van der Waals surface area contributed by atoms with Crippen LogP contribution in [0.1, 0.15) is 52.9 Å². The molecule has 2 aliphatic rings. The number of nitrogens with zero attached hydrogens (tertiary/aromatic N) is 1. The number of nitrogens with one attached hydrogen (secondary N) is 1. The van der Waals surface area contributed by atoms with Crippen molar-refractivity contribution in [2.24, 2.45) is 17.3 Å². The topological polar surface area (TPSA) is 52.6 Å². The average Bonchev–Trinajstić information content (AvgIpc) is 2.44. The van der Waals surface area contributed by atoms with E-state index in [1.54, 1.807) is 0 Å². The molecule has 0 aromatic heterocycles. The summed E-state index contributed by atoms with van der Waals surface area (Å²) in [4.78, 5) is 14.5. The molecule has 1 saturated heterocycles. The Hall–Kier alpha value is -0.610. The van der Waals surface area contributed by atoms with Crippen molar-refractivity contribution in [3.63, 3.8) is 0 Å². The van der Waals surface area contributed by atoms with Gasteiger partial charge in [-0.1, -0.05) is 33.6 Å². The molecule has 0 aromatic rings. The Kier molecular flexibility index (Phi) is 5.67. The van der Waals surface area contributed by atoms with Crippen molar-refractivity contribution < 1.29 is 9.90 Å². The first-order valence-electron chi connectivity index (χ1n) is 8.56. The third kappa shape index (κ3) is 4.43. The molecule has 0 spiro atoms. The Balaban J connectivity index is 1.81. The Labute approximate surface area is 129 Å². The lowest BCUT2D eigenvalue weighted by Gasteiger charge is -2.39. The molecule has 4 nitrogen and oxygen atoms in total. The molecule has 2 rings (SSSR count). The van der Waals surface area contributed by atoms with Crippen LogP contribution in [0, 0.1) is 17.3 Å². The van der Waals surface area contributed by atoms with Gasteiger partial charge in [0.25, 0.3) is 0 Å². The summed E-state index contributed by atoms with van der Waals surface area (Å²) in [5.74, 6) is 1.44. The fourth-order valence-corrected chi connectivity index (χ4v) is 3.93. The number of carbonyl (C=O) groups excluding carboxylic acids is 1. The summed E-state index contributed by atoms with van der Waals surface area (Å²) >= 11 is 0. The van der Waals surface area contributed by atoms with Crippen LogP contribution in [-0.2, 0) is 4.79 Å². The third-order valence-electron chi connectivity index (χ3n) is 5.66. The van der Waals surface area contributed by atoms with E-state index in [9.17, 15) is 9.90 Å². The zero-order chi connectivity index (χ0) is 15.5. The summed E-state index contributed by atoms with van der Waals surface area (Å²) in [6.45, 7) is 9.16. The number of aliphatic hydroxyl groups is 1. The van der Waals surface area contributed by atoms with Crippen molar-refractivity contribution in [3.05, 3.63) is 0 Å². The predicted octanol–water partition coefficient (Wildman–Crippen LogP) is 2.02. The second-order valence-electron chi connectivity index (χ2n) is 7.72. The van der Waals surface area contributed by atoms with Gasteiger partial charge < -0.3 is 10.4 Å². The van der Waals surface area contributed by atoms with Crippen molar-refractivity contribution in [2.45, 2.75) is 58.9 Å². The van der Waals surface area contributed by atoms with E-state index >= 15 is 0 Å². The van der Waals surface area contributed by atoms with E-state index in [0.29, 0.717) is 24.4 Å². The molecule has 1 heterocycles. The number of piperidine rings is 1. The highest BCUT2D eigenvalue weighted by Gasteiger charge is 2.32. The van der Waals surface area contributed by atoms with E-state index in [1.165, 1.54) is 12.8 Å². The summed E-state index contributed by atoms with van der Waals surface area (Å²) in [5, 5.41) is 12.7. The van der Waals surface area contributed by atoms with Crippen LogP contribution in [0.25, 0.3) is 0 Å². The maximum absolute atomic E-state index is 12.3. The van der Waals surface area contributed by atoms with Gasteiger partial charge in [-0.15, -0.1) is 0 Å². The number of hydrogen-bond donors (Lipinski definition) is 2. The highest BCUT2D eigenvalue weighted by molar-refractivity contribution is 5.78. The number of aliphatic hydroxyl groups excluding tert-OH is 1. The van der Waals surface area contributed by atoms with E-state index < -0.39 is 0 Å². The molecule has 1 aliphatic heterocycles. The first kappa shape index (κ1) is 16.8. The third-order valence-corrected chi connectivity index (χ3v) is 5.66. The number of likely N-dealkylation sites (tertiary alicyclic amines) is 1. The van der Waals surface area contributed by atoms with E-state index in [-0.39, 0.29) is 17.9 Å². The largest absolute Gasteiger partial charge is 0.396 e. The molecule has 0 radical (unpaired) electrons. The zero-order valence-electron chi connectivity index (χ0n) is 13.9. The van der Waals surface area contributed by atoms with Gasteiger partial charge >= 0.3 is 0 Å². The van der Waals surface area contributed by atoms with Gasteiger partial charge in [-0.05, 0) is 37.6 Å². The highest BCUT2D eigenvalue weighted by atomic mass is 16.3. The van der Waals surface area contributed by atoms with Gasteiger partial charge in [-0.2, -0.15) is 0 Å². The van der Waals surface area contributed by atoms with Crippen molar-refractivity contribution in [3.8, 4) is 0 Å². The van der Waals surface area contributed by atoms with Crippen LogP contribution in [0.15, 0.2) is 0 Å². The summed E-state index contributed by atoms with van der Waals surface area (Å²) in [6.07, 6.45) is 5.75. The normalized spacial score (nSPS) is 38.2. The SMILES string of the molecule is CC1CCCC(NC(=O)CN2CCCC(C)(CO)C2)C1C. The van der Waals surface area contributed by atoms with Gasteiger partial charge in [0.15, 0.2) is 0 Å². The zero-order valence-corrected chi connectivity index (χ0v) is 13.9. The maximum atomic E-state index is 12.3. The molecular formula is C17H32N2O2. The number of amides is 1. The van der Waals surface area contributed by atoms with E-state index in [0.717, 1.165) is 32.4 Å². The lowest BCUT2D eigenvalue weighted by atomic mass is 9.78. The van der Waals surface area contributed by atoms with Crippen LogP contribution >= 0.6 is 0 Å². The molecule has 1 saturated carbocycles. The molecule has 2 N–H and O–H groups in total. The van der Waals surface area contributed by atoms with E-state index in [2.05, 4.69) is 31.0 Å². The van der Waals surface area contributed by atoms with Crippen LogP contribution in [-0.4, -0.2) is 48.2 Å². The van der Waals surface area contributed by atoms with Gasteiger partial charge in [0.05, 0.1) is 6.54 Å². The first-order chi connectivity index (χ1) is 9.93. The summed E-state index contributed by atoms with van der Waals surface area (Å²) in [6, 6.07) is 0.343. The molecule has 0 aromatic carbocycles. The molecule has 2 fully saturated rings. The lowest BCUT2D eigenvalue weighted by molar-refractivity contribution is -0.124. The minimum Gasteiger partial charge on any atom is -0.396 e. The molecule has 0 bridgehead atoms. The van der Waals surface area contributed by atoms with Crippen LogP contribution in [0.5, 0.6) is 0 Å². The number of rotatable bonds is 4. The van der Waals surface area contributed by atoms with E-state index in [4.69, 9.17) is 0 Å². The second-order valence-corrected chi connectivity index (χ2v) is 7.72. The van der Waals surface area contributed by atoms with Gasteiger partial charge in [0, 0.05) is 24.6 Å². The Morgan fingerprint density at radius 2 is 2.10 bits per heavy atom. The molecule has 4 atom stereocenters. The molecule has 122 valence electrons. The molecule has 4 unspecified atom stereocenters. The van der Waals surface area contributed by atoms with Crippen molar-refractivity contribution in [1.82, 2.24) is 10.2 Å². The quantitative estimate of drug-likeness (QED) is 0.834. The minimum atomic E-state index is -0.0365. The first-order valence-corrected chi connectivity index (χ1v) is 8.56. The average molecular weight is 296 g/mol. The summed E-state index contributed by atoms with van der Waals surface area (Å²) in [5.41, 5.74) is -0.0365. The summed E-state index contributed by atoms with van der Waals surface area (Å²) in [7, 11) is 0. The number of hydrogen-bond acceptors (Lipinski definition) is 3. The molecular weight excluding hydrogens is 264 g/mol. The standard InChI is InChI=1S/C17H32N2O2/c1-13-6-4-7-15(14(13)2)18-16(21)10-19-9-5-8-17(3,11-19)12-20/h13-15,20H,4-12H2,1-3H3,(H,18,21). The molecule has 21 heavy (non-hydrogen) atoms. The maximum Gasteiger partial charge on any atom is 0.234 e. The van der Waals surface area contributed by atoms with Crippen LogP contribution in [0.2, 0.25) is 0 Å². The van der Waals surface area contributed by atoms with Gasteiger partial charge in [-0.3, -0.25) is 9.69 Å². The fourth-order valence-electron chi connectivity index (χ4n) is 3.93. The predicted molar refractivity (Wildman–Crippen MR) is 85.0 cm³/mol. The molecule has 4 heteroatoms. The van der Waals surface area contributed by atoms with Crippen molar-refractivity contribution in [2.75, 3.05) is 26.2 Å². The molecule has 1 amide bonds. The van der Waals surface area contributed by atoms with Crippen molar-refractivity contribution in [1.29, 1.82) is 0 Å². The minimum absolute atomic E-state index is 0.0365. The lowest BCUT2D eigenvalue weighted by Crippen LogP contribution is -2.50. The highest BCUT2D eigenvalue weighted by Crippen LogP contribution is 2.30. The van der Waals surface area contributed by atoms with Crippen LogP contribution in [0.3, 0.4) is 0 Å². The van der Waals surface area contributed by atoms with Gasteiger partial charge in [0.1, 0.15) is 0 Å². The Morgan fingerprint density at radius 1 is 1.33 bits per heavy atom. The smallest absolute Gasteiger partial charge is 0.234 e. The number of carbonyl (C=O) groups is 1. The molecule has 1 aliphatic carbocycles. The van der Waals surface area contributed by atoms with Crippen molar-refractivity contribution >= 4 is 5.91 Å².